The number of carboxylic acids is 1. The van der Waals surface area contributed by atoms with Crippen molar-refractivity contribution in [3.8, 4) is 0 Å². The van der Waals surface area contributed by atoms with E-state index in [4.69, 9.17) is 0 Å². The fourth-order valence-corrected chi connectivity index (χ4v) is 4.24. The molecular formula is C27H37N3O3. The van der Waals surface area contributed by atoms with Crippen LogP contribution in [-0.4, -0.2) is 30.2 Å². The van der Waals surface area contributed by atoms with Crippen LogP contribution in [0.15, 0.2) is 42.5 Å². The van der Waals surface area contributed by atoms with Gasteiger partial charge in [-0.05, 0) is 67.3 Å². The predicted molar refractivity (Wildman–Crippen MR) is 135 cm³/mol. The predicted octanol–water partition coefficient (Wildman–Crippen LogP) is 6.02. The average molecular weight is 452 g/mol. The number of benzene rings is 2. The topological polar surface area (TPSA) is 81.7 Å². The third-order valence-electron chi connectivity index (χ3n) is 5.87. The van der Waals surface area contributed by atoms with E-state index in [1.807, 2.05) is 37.3 Å². The molecule has 0 heterocycles. The molecule has 3 N–H and O–H groups in total. The van der Waals surface area contributed by atoms with Crippen molar-refractivity contribution in [3.05, 3.63) is 53.6 Å². The summed E-state index contributed by atoms with van der Waals surface area (Å²) in [4.78, 5) is 26.4. The quantitative estimate of drug-likeness (QED) is 0.412. The molecule has 178 valence electrons. The number of amides is 2. The van der Waals surface area contributed by atoms with Crippen LogP contribution in [0.5, 0.6) is 0 Å². The number of urea groups is 1. The Morgan fingerprint density at radius 1 is 1.00 bits per heavy atom. The molecule has 6 nitrogen and oxygen atoms in total. The fraction of sp³-hybridized carbons (Fsp3) is 0.481. The van der Waals surface area contributed by atoms with Gasteiger partial charge in [0.25, 0.3) is 0 Å². The van der Waals surface area contributed by atoms with Crippen LogP contribution in [0.1, 0.15) is 45.2 Å². The van der Waals surface area contributed by atoms with Crippen LogP contribution in [0.4, 0.5) is 21.9 Å². The molecule has 0 saturated heterocycles. The first-order valence-electron chi connectivity index (χ1n) is 11.9. The number of nitrogens with one attached hydrogen (secondary N) is 2. The van der Waals surface area contributed by atoms with Gasteiger partial charge in [-0.15, -0.1) is 0 Å². The Kier molecular flexibility index (Phi) is 8.01. The molecule has 1 saturated carbocycles. The van der Waals surface area contributed by atoms with E-state index < -0.39 is 5.97 Å². The molecule has 3 rings (SSSR count). The Balaban J connectivity index is 1.84. The number of nitrogens with zero attached hydrogens (tertiary/aromatic N) is 1. The summed E-state index contributed by atoms with van der Waals surface area (Å²) in [5.74, 6) is 0.155. The van der Waals surface area contributed by atoms with Crippen LogP contribution in [0.3, 0.4) is 0 Å². The molecule has 0 aliphatic heterocycles. The Morgan fingerprint density at radius 3 is 2.18 bits per heavy atom. The van der Waals surface area contributed by atoms with E-state index in [0.717, 1.165) is 47.7 Å². The fourth-order valence-electron chi connectivity index (χ4n) is 4.24. The minimum absolute atomic E-state index is 0.171. The van der Waals surface area contributed by atoms with Crippen molar-refractivity contribution in [2.45, 2.75) is 47.5 Å². The maximum atomic E-state index is 12.9. The SMILES string of the molecule is Cc1ccc(NC(=O)Nc2cc(CC3CC3C(=O)O)ccc2N(CC(C)C)CC(C)C)cc1. The van der Waals surface area contributed by atoms with E-state index >= 15 is 0 Å². The maximum absolute atomic E-state index is 12.9. The van der Waals surface area contributed by atoms with Gasteiger partial charge in [0.15, 0.2) is 0 Å². The summed E-state index contributed by atoms with van der Waals surface area (Å²) in [5.41, 5.74) is 4.66. The summed E-state index contributed by atoms with van der Waals surface area (Å²) in [5, 5.41) is 15.2. The third kappa shape index (κ3) is 7.24. The molecule has 2 aromatic rings. The lowest BCUT2D eigenvalue weighted by molar-refractivity contribution is -0.138. The first kappa shape index (κ1) is 24.6. The highest BCUT2D eigenvalue weighted by Gasteiger charge is 2.42. The molecule has 1 fully saturated rings. The highest BCUT2D eigenvalue weighted by Crippen LogP contribution is 2.42. The van der Waals surface area contributed by atoms with E-state index in [1.54, 1.807) is 0 Å². The van der Waals surface area contributed by atoms with Crippen LogP contribution < -0.4 is 15.5 Å². The minimum Gasteiger partial charge on any atom is -0.481 e. The molecule has 1 aliphatic rings. The second-order valence-corrected chi connectivity index (χ2v) is 10.1. The van der Waals surface area contributed by atoms with Crippen molar-refractivity contribution < 1.29 is 14.7 Å². The number of rotatable bonds is 10. The lowest BCUT2D eigenvalue weighted by Crippen LogP contribution is -2.32. The van der Waals surface area contributed by atoms with Crippen LogP contribution in [0.2, 0.25) is 0 Å². The van der Waals surface area contributed by atoms with E-state index in [9.17, 15) is 14.7 Å². The Morgan fingerprint density at radius 2 is 1.64 bits per heavy atom. The number of carboxylic acid groups (broad SMARTS) is 1. The van der Waals surface area contributed by atoms with E-state index in [2.05, 4.69) is 55.4 Å². The molecular weight excluding hydrogens is 414 g/mol. The van der Waals surface area contributed by atoms with Gasteiger partial charge in [0, 0.05) is 18.8 Å². The number of aliphatic carboxylic acids is 1. The standard InChI is InChI=1S/C27H37N3O3/c1-17(2)15-30(16-18(3)4)25-11-8-20(12-21-14-23(21)26(31)32)13-24(25)29-27(33)28-22-9-6-19(5)7-10-22/h6-11,13,17-18,21,23H,12,14-16H2,1-5H3,(H,31,32)(H2,28,29,33). The molecule has 2 aromatic carbocycles. The van der Waals surface area contributed by atoms with Gasteiger partial charge in [-0.3, -0.25) is 4.79 Å². The summed E-state index contributed by atoms with van der Waals surface area (Å²) in [6.45, 7) is 12.5. The summed E-state index contributed by atoms with van der Waals surface area (Å²) >= 11 is 0. The zero-order chi connectivity index (χ0) is 24.1. The molecule has 0 bridgehead atoms. The van der Waals surface area contributed by atoms with E-state index in [-0.39, 0.29) is 17.9 Å². The summed E-state index contributed by atoms with van der Waals surface area (Å²) in [6.07, 6.45) is 1.43. The molecule has 2 amide bonds. The summed E-state index contributed by atoms with van der Waals surface area (Å²) in [7, 11) is 0. The zero-order valence-electron chi connectivity index (χ0n) is 20.4. The smallest absolute Gasteiger partial charge is 0.323 e. The normalized spacial score (nSPS) is 17.2. The lowest BCUT2D eigenvalue weighted by Gasteiger charge is -2.30. The Hall–Kier alpha value is -3.02. The number of carbonyl (C=O) groups is 2. The van der Waals surface area contributed by atoms with E-state index in [1.165, 1.54) is 0 Å². The van der Waals surface area contributed by atoms with Gasteiger partial charge in [0.1, 0.15) is 0 Å². The molecule has 1 aliphatic carbocycles. The van der Waals surface area contributed by atoms with Crippen molar-refractivity contribution in [2.75, 3.05) is 28.6 Å². The van der Waals surface area contributed by atoms with E-state index in [0.29, 0.717) is 18.3 Å². The van der Waals surface area contributed by atoms with Crippen molar-refractivity contribution in [1.82, 2.24) is 0 Å². The molecule has 33 heavy (non-hydrogen) atoms. The van der Waals surface area contributed by atoms with Gasteiger partial charge in [-0.1, -0.05) is 51.5 Å². The van der Waals surface area contributed by atoms with Crippen LogP contribution >= 0.6 is 0 Å². The molecule has 0 radical (unpaired) electrons. The first-order valence-corrected chi connectivity index (χ1v) is 11.9. The first-order chi connectivity index (χ1) is 15.6. The second kappa shape index (κ2) is 10.7. The van der Waals surface area contributed by atoms with Gasteiger partial charge in [-0.25, -0.2) is 4.79 Å². The number of hydrogen-bond donors (Lipinski definition) is 3. The Labute approximate surface area is 197 Å². The van der Waals surface area contributed by atoms with Gasteiger partial charge < -0.3 is 20.6 Å². The Bertz CT molecular complexity index is 959. The number of anilines is 3. The molecule has 6 heteroatoms. The number of aryl methyl sites for hydroxylation is 1. The third-order valence-corrected chi connectivity index (χ3v) is 5.87. The van der Waals surface area contributed by atoms with Crippen molar-refractivity contribution in [3.63, 3.8) is 0 Å². The summed E-state index contributed by atoms with van der Waals surface area (Å²) in [6, 6.07) is 13.6. The van der Waals surface area contributed by atoms with Crippen molar-refractivity contribution >= 4 is 29.1 Å². The van der Waals surface area contributed by atoms with Crippen molar-refractivity contribution in [1.29, 1.82) is 0 Å². The molecule has 2 atom stereocenters. The van der Waals surface area contributed by atoms with Crippen LogP contribution in [-0.2, 0) is 11.2 Å². The highest BCUT2D eigenvalue weighted by atomic mass is 16.4. The highest BCUT2D eigenvalue weighted by molar-refractivity contribution is 6.02. The largest absolute Gasteiger partial charge is 0.481 e. The number of carbonyl (C=O) groups excluding carboxylic acids is 1. The average Bonchev–Trinajstić information content (AvgIpc) is 3.48. The minimum atomic E-state index is -0.715. The van der Waals surface area contributed by atoms with Gasteiger partial charge >= 0.3 is 12.0 Å². The lowest BCUT2D eigenvalue weighted by atomic mass is 10.0. The zero-order valence-corrected chi connectivity index (χ0v) is 20.4. The second-order valence-electron chi connectivity index (χ2n) is 10.1. The molecule has 2 unspecified atom stereocenters. The monoisotopic (exact) mass is 451 g/mol. The molecule has 0 aromatic heterocycles. The molecule has 0 spiro atoms. The van der Waals surface area contributed by atoms with Crippen molar-refractivity contribution in [2.24, 2.45) is 23.7 Å². The number of hydrogen-bond acceptors (Lipinski definition) is 3. The van der Waals surface area contributed by atoms with Gasteiger partial charge in [0.2, 0.25) is 0 Å². The maximum Gasteiger partial charge on any atom is 0.323 e. The van der Waals surface area contributed by atoms with Gasteiger partial charge in [-0.2, -0.15) is 0 Å². The van der Waals surface area contributed by atoms with Crippen LogP contribution in [0, 0.1) is 30.6 Å². The van der Waals surface area contributed by atoms with Crippen LogP contribution in [0.25, 0.3) is 0 Å². The van der Waals surface area contributed by atoms with Gasteiger partial charge in [0.05, 0.1) is 17.3 Å². The summed E-state index contributed by atoms with van der Waals surface area (Å²) < 4.78 is 0.